The van der Waals surface area contributed by atoms with Crippen molar-refractivity contribution in [2.45, 2.75) is 64.5 Å². The van der Waals surface area contributed by atoms with Crippen LogP contribution in [-0.4, -0.2) is 69.6 Å². The SMILES string of the molecule is CC(=N)N1CCC(Oc2cc3c(nc(C(C)C)n3Cc3ccc(C(=N)N)c4ccccc34)c(OC(=O)C(F)(F)F)c2OC(=O)C(F)(F)F)CC1. The van der Waals surface area contributed by atoms with Gasteiger partial charge in [0.1, 0.15) is 23.3 Å². The summed E-state index contributed by atoms with van der Waals surface area (Å²) in [5.74, 6) is -8.63. The number of carbonyl (C=O) groups excluding carboxylic acids is 2. The number of likely N-dealkylation sites (tertiary alicyclic amines) is 1. The number of aromatic nitrogens is 2. The molecule has 50 heavy (non-hydrogen) atoms. The normalized spacial score (nSPS) is 14.3. The third kappa shape index (κ3) is 7.30. The molecule has 2 heterocycles. The second kappa shape index (κ2) is 13.5. The molecule has 0 amide bonds. The number of fused-ring (bicyclic) bond motifs is 2. The molecule has 1 aliphatic rings. The second-order valence-corrected chi connectivity index (χ2v) is 12.0. The predicted molar refractivity (Wildman–Crippen MR) is 170 cm³/mol. The molecule has 4 N–H and O–H groups in total. The molecule has 0 bridgehead atoms. The molecule has 1 aromatic heterocycles. The van der Waals surface area contributed by atoms with Crippen LogP contribution in [0.1, 0.15) is 56.5 Å². The highest BCUT2D eigenvalue weighted by Crippen LogP contribution is 2.47. The Labute approximate surface area is 280 Å². The Bertz CT molecular complexity index is 2000. The molecule has 1 saturated heterocycles. The Morgan fingerprint density at radius 2 is 1.52 bits per heavy atom. The Hall–Kier alpha value is -5.35. The van der Waals surface area contributed by atoms with Gasteiger partial charge in [-0.3, -0.25) is 10.8 Å². The number of hydrogen-bond acceptors (Lipinski definition) is 8. The van der Waals surface area contributed by atoms with Crippen LogP contribution in [0.5, 0.6) is 17.2 Å². The van der Waals surface area contributed by atoms with E-state index in [1.165, 1.54) is 6.07 Å². The molecular formula is C33H32F6N6O5. The van der Waals surface area contributed by atoms with E-state index >= 15 is 0 Å². The highest BCUT2D eigenvalue weighted by atomic mass is 19.4. The van der Waals surface area contributed by atoms with Crippen molar-refractivity contribution >= 4 is 45.4 Å². The van der Waals surface area contributed by atoms with E-state index in [4.69, 9.17) is 21.3 Å². The first-order chi connectivity index (χ1) is 23.4. The molecule has 0 unspecified atom stereocenters. The Morgan fingerprint density at radius 3 is 2.06 bits per heavy atom. The maximum Gasteiger partial charge on any atom is 0.491 e. The van der Waals surface area contributed by atoms with E-state index < -0.39 is 59.1 Å². The number of benzene rings is 3. The number of nitrogens with two attached hydrogens (primary N) is 1. The topological polar surface area (TPSA) is 157 Å². The molecule has 0 aliphatic carbocycles. The third-order valence-corrected chi connectivity index (χ3v) is 8.16. The fraction of sp³-hybridized carbons (Fsp3) is 0.364. The Kier molecular flexibility index (Phi) is 9.72. The van der Waals surface area contributed by atoms with E-state index in [1.54, 1.807) is 66.6 Å². The van der Waals surface area contributed by atoms with Crippen molar-refractivity contribution < 1.29 is 50.1 Å². The van der Waals surface area contributed by atoms with Gasteiger partial charge in [-0.1, -0.05) is 50.2 Å². The van der Waals surface area contributed by atoms with Crippen LogP contribution in [0.2, 0.25) is 0 Å². The fourth-order valence-corrected chi connectivity index (χ4v) is 5.79. The molecule has 0 saturated carbocycles. The zero-order valence-corrected chi connectivity index (χ0v) is 27.0. The van der Waals surface area contributed by atoms with Crippen LogP contribution < -0.4 is 19.9 Å². The van der Waals surface area contributed by atoms with Crippen molar-refractivity contribution in [2.75, 3.05) is 13.1 Å². The largest absolute Gasteiger partial charge is 0.491 e. The van der Waals surface area contributed by atoms with E-state index in [-0.39, 0.29) is 42.4 Å². The van der Waals surface area contributed by atoms with E-state index in [2.05, 4.69) is 14.5 Å². The number of ether oxygens (including phenoxy) is 3. The van der Waals surface area contributed by atoms with Crippen molar-refractivity contribution in [3.8, 4) is 17.2 Å². The lowest BCUT2D eigenvalue weighted by Crippen LogP contribution is -2.40. The molecule has 4 aromatic rings. The summed E-state index contributed by atoms with van der Waals surface area (Å²) in [6, 6.07) is 11.6. The first-order valence-corrected chi connectivity index (χ1v) is 15.3. The first kappa shape index (κ1) is 35.9. The molecule has 17 heteroatoms. The molecular weight excluding hydrogens is 674 g/mol. The maximum absolute atomic E-state index is 13.6. The van der Waals surface area contributed by atoms with Gasteiger partial charge in [0.15, 0.2) is 5.75 Å². The van der Waals surface area contributed by atoms with E-state index in [0.29, 0.717) is 35.0 Å². The first-order valence-electron chi connectivity index (χ1n) is 15.3. The van der Waals surface area contributed by atoms with E-state index in [1.807, 2.05) is 0 Å². The molecule has 5 rings (SSSR count). The number of halogens is 6. The van der Waals surface area contributed by atoms with Gasteiger partial charge in [-0.25, -0.2) is 14.6 Å². The summed E-state index contributed by atoms with van der Waals surface area (Å²) in [5, 5.41) is 17.2. The predicted octanol–water partition coefficient (Wildman–Crippen LogP) is 6.42. The standard InChI is InChI=1S/C33H32F6N6O5/c1-16(2)29-43-25-23(45(29)15-18-8-9-22(28(41)42)21-7-5-4-6-20(18)21)14-24(48-19-10-12-44(13-11-19)17(3)40)26(49-30(46)32(34,35)36)27(25)50-31(47)33(37,38)39/h4-9,14,16,19,40H,10-13,15H2,1-3H3,(H3,41,42). The van der Waals surface area contributed by atoms with Crippen molar-refractivity contribution in [1.29, 1.82) is 10.8 Å². The van der Waals surface area contributed by atoms with Gasteiger partial charge in [-0.2, -0.15) is 26.3 Å². The molecule has 266 valence electrons. The summed E-state index contributed by atoms with van der Waals surface area (Å²) >= 11 is 0. The number of carbonyl (C=O) groups is 2. The van der Waals surface area contributed by atoms with Crippen LogP contribution >= 0.6 is 0 Å². The number of piperidine rings is 1. The second-order valence-electron chi connectivity index (χ2n) is 12.0. The van der Waals surface area contributed by atoms with Crippen molar-refractivity contribution in [3.63, 3.8) is 0 Å². The van der Waals surface area contributed by atoms with Crippen molar-refractivity contribution in [3.05, 3.63) is 59.4 Å². The minimum atomic E-state index is -5.59. The fourth-order valence-electron chi connectivity index (χ4n) is 5.79. The summed E-state index contributed by atoms with van der Waals surface area (Å²) in [6.07, 6.45) is -11.4. The number of nitrogens with one attached hydrogen (secondary N) is 2. The lowest BCUT2D eigenvalue weighted by Gasteiger charge is -2.33. The van der Waals surface area contributed by atoms with Gasteiger partial charge in [0.2, 0.25) is 11.5 Å². The molecule has 3 aromatic carbocycles. The zero-order chi connectivity index (χ0) is 36.7. The van der Waals surface area contributed by atoms with E-state index in [9.17, 15) is 35.9 Å². The summed E-state index contributed by atoms with van der Waals surface area (Å²) in [6.45, 7) is 5.68. The quantitative estimate of drug-likeness (QED) is 0.0623. The van der Waals surface area contributed by atoms with Crippen LogP contribution in [0.15, 0.2) is 42.5 Å². The zero-order valence-electron chi connectivity index (χ0n) is 27.0. The van der Waals surface area contributed by atoms with E-state index in [0.717, 1.165) is 0 Å². The lowest BCUT2D eigenvalue weighted by atomic mass is 9.98. The smallest absolute Gasteiger partial charge is 0.486 e. The summed E-state index contributed by atoms with van der Waals surface area (Å²) in [4.78, 5) is 30.5. The van der Waals surface area contributed by atoms with Crippen LogP contribution in [0.3, 0.4) is 0 Å². The van der Waals surface area contributed by atoms with Gasteiger partial charge < -0.3 is 29.4 Å². The van der Waals surface area contributed by atoms with Gasteiger partial charge in [0.25, 0.3) is 0 Å². The van der Waals surface area contributed by atoms with Crippen molar-refractivity contribution in [2.24, 2.45) is 5.73 Å². The van der Waals surface area contributed by atoms with Gasteiger partial charge >= 0.3 is 24.3 Å². The Balaban J connectivity index is 1.76. The summed E-state index contributed by atoms with van der Waals surface area (Å²) < 4.78 is 98.1. The summed E-state index contributed by atoms with van der Waals surface area (Å²) in [7, 11) is 0. The van der Waals surface area contributed by atoms with Crippen molar-refractivity contribution in [1.82, 2.24) is 14.5 Å². The number of nitrogens with zero attached hydrogens (tertiary/aromatic N) is 3. The van der Waals surface area contributed by atoms with Crippen LogP contribution in [0.4, 0.5) is 26.3 Å². The maximum atomic E-state index is 13.6. The number of alkyl halides is 6. The number of amidine groups is 2. The minimum absolute atomic E-state index is 0.00739. The minimum Gasteiger partial charge on any atom is -0.486 e. The van der Waals surface area contributed by atoms with Crippen LogP contribution in [0.25, 0.3) is 21.8 Å². The number of nitrogen functional groups attached to an aromatic ring is 1. The van der Waals surface area contributed by atoms with Crippen LogP contribution in [-0.2, 0) is 16.1 Å². The number of imidazole rings is 1. The molecule has 0 radical (unpaired) electrons. The van der Waals surface area contributed by atoms with Crippen LogP contribution in [0, 0.1) is 10.8 Å². The van der Waals surface area contributed by atoms with Gasteiger partial charge in [-0.15, -0.1) is 0 Å². The Morgan fingerprint density at radius 1 is 0.940 bits per heavy atom. The monoisotopic (exact) mass is 706 g/mol. The third-order valence-electron chi connectivity index (χ3n) is 8.16. The molecule has 0 atom stereocenters. The average Bonchev–Trinajstić information content (AvgIpc) is 3.39. The highest BCUT2D eigenvalue weighted by molar-refractivity contribution is 6.08. The highest BCUT2D eigenvalue weighted by Gasteiger charge is 2.45. The molecule has 0 spiro atoms. The van der Waals surface area contributed by atoms with Gasteiger partial charge in [0.05, 0.1) is 11.4 Å². The number of esters is 2. The molecule has 1 fully saturated rings. The van der Waals surface area contributed by atoms with Gasteiger partial charge in [-0.05, 0) is 23.3 Å². The van der Waals surface area contributed by atoms with Gasteiger partial charge in [0, 0.05) is 50.0 Å². The summed E-state index contributed by atoms with van der Waals surface area (Å²) in [5.41, 5.74) is 6.44. The average molecular weight is 707 g/mol. The number of rotatable bonds is 8. The molecule has 11 nitrogen and oxygen atoms in total. The lowest BCUT2D eigenvalue weighted by molar-refractivity contribution is -0.191. The molecule has 1 aliphatic heterocycles. The number of hydrogen-bond donors (Lipinski definition) is 3.